The Labute approximate surface area is 198 Å². The Morgan fingerprint density at radius 1 is 1.09 bits per heavy atom. The summed E-state index contributed by atoms with van der Waals surface area (Å²) in [5.41, 5.74) is 1.39. The van der Waals surface area contributed by atoms with Crippen molar-refractivity contribution in [2.45, 2.75) is 13.3 Å². The molecule has 0 unspecified atom stereocenters. The minimum absolute atomic E-state index is 0.00473. The van der Waals surface area contributed by atoms with Crippen LogP contribution in [0.15, 0.2) is 55.0 Å². The lowest BCUT2D eigenvalue weighted by Crippen LogP contribution is -2.18. The minimum Gasteiger partial charge on any atom is -0.345 e. The summed E-state index contributed by atoms with van der Waals surface area (Å²) in [6.45, 7) is 1.65. The quantitative estimate of drug-likeness (QED) is 0.281. The number of fused-ring (bicyclic) bond motifs is 2. The maximum absolute atomic E-state index is 15.2. The predicted molar refractivity (Wildman–Crippen MR) is 129 cm³/mol. The molecule has 2 aromatic carbocycles. The largest absolute Gasteiger partial charge is 0.345 e. The van der Waals surface area contributed by atoms with E-state index >= 15 is 4.39 Å². The number of carbonyl (C=O) groups is 1. The van der Waals surface area contributed by atoms with Gasteiger partial charge >= 0.3 is 0 Å². The van der Waals surface area contributed by atoms with E-state index in [1.807, 2.05) is 18.2 Å². The van der Waals surface area contributed by atoms with Gasteiger partial charge in [-0.2, -0.15) is 5.10 Å². The molecule has 3 heterocycles. The van der Waals surface area contributed by atoms with Crippen LogP contribution in [0.1, 0.15) is 29.3 Å². The lowest BCUT2D eigenvalue weighted by molar-refractivity contribution is 0.103. The number of benzene rings is 2. The topological polar surface area (TPSA) is 121 Å². The lowest BCUT2D eigenvalue weighted by atomic mass is 9.99. The minimum atomic E-state index is -3.85. The first-order valence-corrected chi connectivity index (χ1v) is 12.4. The molecule has 0 amide bonds. The Kier molecular flexibility index (Phi) is 5.56. The van der Waals surface area contributed by atoms with Crippen molar-refractivity contribution in [3.63, 3.8) is 0 Å². The zero-order valence-corrected chi connectivity index (χ0v) is 19.2. The van der Waals surface area contributed by atoms with Crippen LogP contribution >= 0.6 is 0 Å². The van der Waals surface area contributed by atoms with Crippen molar-refractivity contribution < 1.29 is 22.0 Å². The summed E-state index contributed by atoms with van der Waals surface area (Å²) < 4.78 is 56.1. The van der Waals surface area contributed by atoms with Gasteiger partial charge in [0.1, 0.15) is 11.5 Å². The first-order chi connectivity index (χ1) is 16.8. The second-order valence-electron chi connectivity index (χ2n) is 8.03. The summed E-state index contributed by atoms with van der Waals surface area (Å²) in [5, 5.41) is 8.13. The molecule has 5 rings (SSSR count). The Bertz CT molecular complexity index is 1710. The number of ketones is 1. The fourth-order valence-electron chi connectivity index (χ4n) is 3.93. The molecule has 0 aliphatic carbocycles. The van der Waals surface area contributed by atoms with Crippen LogP contribution in [-0.4, -0.2) is 40.1 Å². The molecule has 0 saturated heterocycles. The molecule has 0 aliphatic heterocycles. The molecule has 0 spiro atoms. The Morgan fingerprint density at radius 3 is 2.71 bits per heavy atom. The van der Waals surface area contributed by atoms with E-state index in [0.29, 0.717) is 23.0 Å². The highest BCUT2D eigenvalue weighted by Gasteiger charge is 2.26. The molecular weight excluding hydrogens is 476 g/mol. The number of hydrogen-bond donors (Lipinski definition) is 3. The van der Waals surface area contributed by atoms with Crippen molar-refractivity contribution in [2.75, 3.05) is 10.5 Å². The number of rotatable bonds is 7. The molecule has 178 valence electrons. The SMILES string of the molecule is CCCS(=O)(=O)Nc1ccc(F)c(C(=O)c2c[nH]c3ncc(-c4ccc5[nH]ncc5c4)cc23)c1F. The zero-order chi connectivity index (χ0) is 24.7. The number of H-pyrrole nitrogens is 2. The summed E-state index contributed by atoms with van der Waals surface area (Å²) in [7, 11) is -3.85. The molecule has 3 aromatic heterocycles. The molecule has 0 bridgehead atoms. The van der Waals surface area contributed by atoms with Gasteiger partial charge in [-0.05, 0) is 42.3 Å². The third-order valence-corrected chi connectivity index (χ3v) is 7.08. The van der Waals surface area contributed by atoms with Crippen molar-refractivity contribution in [2.24, 2.45) is 0 Å². The number of hydrogen-bond acceptors (Lipinski definition) is 5. The summed E-state index contributed by atoms with van der Waals surface area (Å²) in [5.74, 6) is -3.56. The predicted octanol–water partition coefficient (Wildman–Crippen LogP) is 4.77. The summed E-state index contributed by atoms with van der Waals surface area (Å²) in [4.78, 5) is 20.5. The van der Waals surface area contributed by atoms with Gasteiger partial charge in [-0.1, -0.05) is 13.0 Å². The molecule has 0 atom stereocenters. The fraction of sp³-hybridized carbons (Fsp3) is 0.125. The summed E-state index contributed by atoms with van der Waals surface area (Å²) in [6, 6.07) is 9.15. The molecule has 35 heavy (non-hydrogen) atoms. The van der Waals surface area contributed by atoms with E-state index in [2.05, 4.69) is 24.9 Å². The summed E-state index contributed by atoms with van der Waals surface area (Å²) >= 11 is 0. The average molecular weight is 496 g/mol. The Morgan fingerprint density at radius 2 is 1.91 bits per heavy atom. The molecule has 0 aliphatic rings. The number of aromatic amines is 2. The van der Waals surface area contributed by atoms with E-state index in [1.54, 1.807) is 25.4 Å². The number of pyridine rings is 1. The van der Waals surface area contributed by atoms with Crippen LogP contribution in [0.2, 0.25) is 0 Å². The Balaban J connectivity index is 1.57. The third-order valence-electron chi connectivity index (χ3n) is 5.61. The average Bonchev–Trinajstić information content (AvgIpc) is 3.46. The van der Waals surface area contributed by atoms with E-state index in [4.69, 9.17) is 0 Å². The van der Waals surface area contributed by atoms with Crippen molar-refractivity contribution in [3.05, 3.63) is 77.8 Å². The maximum atomic E-state index is 15.2. The maximum Gasteiger partial charge on any atom is 0.232 e. The molecule has 11 heteroatoms. The van der Waals surface area contributed by atoms with Crippen LogP contribution in [0.3, 0.4) is 0 Å². The van der Waals surface area contributed by atoms with Crippen LogP contribution in [0, 0.1) is 11.6 Å². The highest BCUT2D eigenvalue weighted by Crippen LogP contribution is 2.30. The number of carbonyl (C=O) groups excluding carboxylic acids is 1. The third kappa shape index (κ3) is 4.14. The molecule has 0 saturated carbocycles. The second kappa shape index (κ2) is 8.58. The number of anilines is 1. The monoisotopic (exact) mass is 495 g/mol. The zero-order valence-electron chi connectivity index (χ0n) is 18.4. The van der Waals surface area contributed by atoms with Gasteiger partial charge in [0, 0.05) is 34.3 Å². The Hall–Kier alpha value is -4.12. The van der Waals surface area contributed by atoms with Crippen LogP contribution in [-0.2, 0) is 10.0 Å². The number of nitrogens with one attached hydrogen (secondary N) is 3. The normalized spacial score (nSPS) is 11.9. The highest BCUT2D eigenvalue weighted by atomic mass is 32.2. The van der Waals surface area contributed by atoms with Gasteiger partial charge in [-0.25, -0.2) is 22.2 Å². The second-order valence-corrected chi connectivity index (χ2v) is 9.87. The van der Waals surface area contributed by atoms with Crippen LogP contribution in [0.25, 0.3) is 33.1 Å². The fourth-order valence-corrected chi connectivity index (χ4v) is 5.07. The smallest absolute Gasteiger partial charge is 0.232 e. The van der Waals surface area contributed by atoms with Crippen LogP contribution in [0.5, 0.6) is 0 Å². The molecule has 8 nitrogen and oxygen atoms in total. The first-order valence-electron chi connectivity index (χ1n) is 10.7. The van der Waals surface area contributed by atoms with Crippen molar-refractivity contribution in [1.82, 2.24) is 20.2 Å². The molecule has 0 radical (unpaired) electrons. The highest BCUT2D eigenvalue weighted by molar-refractivity contribution is 7.92. The van der Waals surface area contributed by atoms with E-state index < -0.39 is 38.7 Å². The van der Waals surface area contributed by atoms with Crippen molar-refractivity contribution in [3.8, 4) is 11.1 Å². The molecule has 0 fully saturated rings. The van der Waals surface area contributed by atoms with E-state index in [0.717, 1.165) is 28.6 Å². The number of aromatic nitrogens is 4. The van der Waals surface area contributed by atoms with Gasteiger partial charge in [-0.3, -0.25) is 14.6 Å². The molecule has 5 aromatic rings. The van der Waals surface area contributed by atoms with Gasteiger partial charge in [-0.15, -0.1) is 0 Å². The van der Waals surface area contributed by atoms with E-state index in [1.165, 1.54) is 6.20 Å². The van der Waals surface area contributed by atoms with Gasteiger partial charge in [0.2, 0.25) is 15.8 Å². The lowest BCUT2D eigenvalue weighted by Gasteiger charge is -2.11. The number of sulfonamides is 1. The number of nitrogens with zero attached hydrogens (tertiary/aromatic N) is 2. The standard InChI is InChI=1S/C24H19F2N5O3S/c1-2-7-35(33,34)31-20-6-4-18(25)21(22(20)26)23(32)17-12-28-24-16(17)9-14(10-27-24)13-3-5-19-15(8-13)11-29-30-19/h3-6,8-12,31H,2,7H2,1H3,(H,27,28)(H,29,30). The van der Waals surface area contributed by atoms with E-state index in [9.17, 15) is 17.6 Å². The van der Waals surface area contributed by atoms with Gasteiger partial charge < -0.3 is 4.98 Å². The summed E-state index contributed by atoms with van der Waals surface area (Å²) in [6.07, 6.45) is 4.94. The van der Waals surface area contributed by atoms with E-state index in [-0.39, 0.29) is 11.3 Å². The first kappa shape index (κ1) is 22.7. The molecule has 3 N–H and O–H groups in total. The van der Waals surface area contributed by atoms with Crippen molar-refractivity contribution >= 4 is 43.4 Å². The molecular formula is C24H19F2N5O3S. The van der Waals surface area contributed by atoms with Gasteiger partial charge in [0.15, 0.2) is 5.82 Å². The van der Waals surface area contributed by atoms with Crippen LogP contribution < -0.4 is 4.72 Å². The van der Waals surface area contributed by atoms with Crippen LogP contribution in [0.4, 0.5) is 14.5 Å². The van der Waals surface area contributed by atoms with Crippen molar-refractivity contribution in [1.29, 1.82) is 0 Å². The van der Waals surface area contributed by atoms with Gasteiger partial charge in [0.05, 0.1) is 28.7 Å². The number of halogens is 2. The van der Waals surface area contributed by atoms with Gasteiger partial charge in [0.25, 0.3) is 0 Å².